The monoisotopic (exact) mass is 396 g/mol. The van der Waals surface area contributed by atoms with E-state index in [2.05, 4.69) is 22.8 Å². The first-order chi connectivity index (χ1) is 13.5. The summed E-state index contributed by atoms with van der Waals surface area (Å²) < 4.78 is 5.38. The molecule has 3 fully saturated rings. The Morgan fingerprint density at radius 2 is 1.86 bits per heavy atom. The molecule has 0 aliphatic carbocycles. The molecule has 5 rings (SSSR count). The van der Waals surface area contributed by atoms with Crippen molar-refractivity contribution < 1.29 is 14.3 Å². The molecule has 3 aliphatic heterocycles. The van der Waals surface area contributed by atoms with Gasteiger partial charge in [0.15, 0.2) is 0 Å². The fourth-order valence-corrected chi connectivity index (χ4v) is 4.46. The highest BCUT2D eigenvalue weighted by molar-refractivity contribution is 7.80. The van der Waals surface area contributed by atoms with Crippen LogP contribution in [0.4, 0.5) is 0 Å². The van der Waals surface area contributed by atoms with E-state index in [-0.39, 0.29) is 11.9 Å². The summed E-state index contributed by atoms with van der Waals surface area (Å²) in [7, 11) is 0. The third kappa shape index (κ3) is 3.93. The van der Waals surface area contributed by atoms with Crippen molar-refractivity contribution in [3.63, 3.8) is 0 Å². The third-order valence-electron chi connectivity index (χ3n) is 5.65. The molecule has 0 saturated carbocycles. The summed E-state index contributed by atoms with van der Waals surface area (Å²) in [5.41, 5.74) is 2.03. The van der Waals surface area contributed by atoms with E-state index in [9.17, 15) is 9.59 Å². The quantitative estimate of drug-likeness (QED) is 0.473. The maximum atomic E-state index is 13.1. The van der Waals surface area contributed by atoms with Crippen molar-refractivity contribution in [2.45, 2.75) is 30.7 Å². The third-order valence-corrected chi connectivity index (χ3v) is 5.93. The number of hydrogen-bond donors (Lipinski definition) is 2. The Hall–Kier alpha value is -2.31. The highest BCUT2D eigenvalue weighted by Crippen LogP contribution is 2.35. The molecule has 0 spiro atoms. The molecule has 0 unspecified atom stereocenters. The lowest BCUT2D eigenvalue weighted by Crippen LogP contribution is -2.57. The van der Waals surface area contributed by atoms with Gasteiger partial charge in [-0.3, -0.25) is 9.59 Å². The zero-order chi connectivity index (χ0) is 19.7. The van der Waals surface area contributed by atoms with Crippen LogP contribution in [0, 0.1) is 5.92 Å². The van der Waals surface area contributed by atoms with Crippen molar-refractivity contribution in [1.82, 2.24) is 10.2 Å². The molecule has 0 aromatic heterocycles. The number of carbonyl (C=O) groups is 2. The van der Waals surface area contributed by atoms with Gasteiger partial charge >= 0.3 is 5.97 Å². The molecule has 28 heavy (non-hydrogen) atoms. The Labute approximate surface area is 170 Å². The number of fused-ring (bicyclic) bond motifs is 3. The van der Waals surface area contributed by atoms with Crippen molar-refractivity contribution in [1.29, 1.82) is 0 Å². The molecule has 3 saturated heterocycles. The zero-order valence-electron chi connectivity index (χ0n) is 15.9. The van der Waals surface area contributed by atoms with E-state index in [1.165, 1.54) is 6.92 Å². The highest BCUT2D eigenvalue weighted by atomic mass is 32.1. The number of esters is 1. The van der Waals surface area contributed by atoms with E-state index in [1.54, 1.807) is 6.07 Å². The minimum Gasteiger partial charge on any atom is -0.426 e. The van der Waals surface area contributed by atoms with Gasteiger partial charge in [0.2, 0.25) is 0 Å². The number of carbonyl (C=O) groups excluding carboxylic acids is 2. The molecular formula is C22H24N2O3S. The Morgan fingerprint density at radius 3 is 2.54 bits per heavy atom. The largest absolute Gasteiger partial charge is 0.426 e. The first kappa shape index (κ1) is 19.0. The SMILES string of the molecule is CC(=O)Oc1cc(S)ccc1-c1ccccc1C(=O)N[C@H]1CN2CCC1CC2. The van der Waals surface area contributed by atoms with Crippen LogP contribution in [0.2, 0.25) is 0 Å². The molecule has 0 radical (unpaired) electrons. The smallest absolute Gasteiger partial charge is 0.308 e. The first-order valence-electron chi connectivity index (χ1n) is 9.65. The van der Waals surface area contributed by atoms with Crippen LogP contribution in [0.3, 0.4) is 0 Å². The molecule has 1 amide bonds. The lowest BCUT2D eigenvalue weighted by atomic mass is 9.84. The number of amides is 1. The van der Waals surface area contributed by atoms with Gasteiger partial charge in [-0.25, -0.2) is 0 Å². The lowest BCUT2D eigenvalue weighted by Gasteiger charge is -2.45. The van der Waals surface area contributed by atoms with Crippen LogP contribution in [-0.2, 0) is 4.79 Å². The van der Waals surface area contributed by atoms with Crippen molar-refractivity contribution in [3.05, 3.63) is 48.0 Å². The Kier molecular flexibility index (Phi) is 5.42. The summed E-state index contributed by atoms with van der Waals surface area (Å²) in [6.45, 7) is 4.55. The number of hydrogen-bond acceptors (Lipinski definition) is 5. The van der Waals surface area contributed by atoms with Crippen LogP contribution in [-0.4, -0.2) is 42.5 Å². The molecule has 5 nitrogen and oxygen atoms in total. The summed E-state index contributed by atoms with van der Waals surface area (Å²) in [6, 6.07) is 13.0. The van der Waals surface area contributed by atoms with Gasteiger partial charge in [-0.2, -0.15) is 0 Å². The minimum absolute atomic E-state index is 0.0851. The minimum atomic E-state index is -0.408. The molecule has 2 aromatic carbocycles. The maximum Gasteiger partial charge on any atom is 0.308 e. The van der Waals surface area contributed by atoms with Gasteiger partial charge in [0.25, 0.3) is 5.91 Å². The Balaban J connectivity index is 1.64. The van der Waals surface area contributed by atoms with Gasteiger partial charge in [0.05, 0.1) is 0 Å². The van der Waals surface area contributed by atoms with E-state index in [0.717, 1.165) is 38.0 Å². The van der Waals surface area contributed by atoms with Gasteiger partial charge in [-0.05, 0) is 61.7 Å². The zero-order valence-corrected chi connectivity index (χ0v) is 16.7. The molecule has 2 bridgehead atoms. The van der Waals surface area contributed by atoms with Gasteiger partial charge < -0.3 is 15.0 Å². The molecule has 146 valence electrons. The van der Waals surface area contributed by atoms with E-state index < -0.39 is 5.97 Å². The van der Waals surface area contributed by atoms with Crippen LogP contribution in [0.1, 0.15) is 30.1 Å². The number of nitrogens with zero attached hydrogens (tertiary/aromatic N) is 1. The van der Waals surface area contributed by atoms with E-state index in [0.29, 0.717) is 27.7 Å². The highest BCUT2D eigenvalue weighted by Gasteiger charge is 2.35. The average molecular weight is 397 g/mol. The van der Waals surface area contributed by atoms with Crippen LogP contribution < -0.4 is 10.1 Å². The van der Waals surface area contributed by atoms with Crippen LogP contribution in [0.25, 0.3) is 11.1 Å². The topological polar surface area (TPSA) is 58.6 Å². The first-order valence-corrected chi connectivity index (χ1v) is 10.1. The standard InChI is InChI=1S/C22H24N2O3S/c1-14(25)27-21-12-16(28)6-7-18(21)17-4-2-3-5-19(17)22(26)23-20-13-24-10-8-15(20)9-11-24/h2-7,12,15,20,28H,8-11,13H2,1H3,(H,23,26)/t20-/m0/s1. The summed E-state index contributed by atoms with van der Waals surface area (Å²) >= 11 is 4.34. The molecular weight excluding hydrogens is 372 g/mol. The predicted octanol–water partition coefficient (Wildman–Crippen LogP) is 3.39. The van der Waals surface area contributed by atoms with Crippen molar-refractivity contribution in [2.75, 3.05) is 19.6 Å². The molecule has 6 heteroatoms. The van der Waals surface area contributed by atoms with Crippen LogP contribution in [0.5, 0.6) is 5.75 Å². The molecule has 1 atom stereocenters. The second-order valence-electron chi connectivity index (χ2n) is 7.54. The van der Waals surface area contributed by atoms with Crippen molar-refractivity contribution >= 4 is 24.5 Å². The summed E-state index contributed by atoms with van der Waals surface area (Å²) in [5, 5.41) is 3.24. The Bertz CT molecular complexity index is 906. The number of thiol groups is 1. The van der Waals surface area contributed by atoms with Gasteiger partial charge in [0, 0.05) is 35.5 Å². The number of rotatable bonds is 4. The molecule has 3 aliphatic rings. The van der Waals surface area contributed by atoms with Crippen molar-refractivity contribution in [2.24, 2.45) is 5.92 Å². The van der Waals surface area contributed by atoms with Gasteiger partial charge in [0.1, 0.15) is 5.75 Å². The number of benzene rings is 2. The number of nitrogens with one attached hydrogen (secondary N) is 1. The fourth-order valence-electron chi connectivity index (χ4n) is 4.26. The van der Waals surface area contributed by atoms with Crippen LogP contribution >= 0.6 is 12.6 Å². The maximum absolute atomic E-state index is 13.1. The molecule has 3 heterocycles. The average Bonchev–Trinajstić information content (AvgIpc) is 2.69. The summed E-state index contributed by atoms with van der Waals surface area (Å²) in [5.74, 6) is 0.469. The second kappa shape index (κ2) is 7.97. The van der Waals surface area contributed by atoms with Gasteiger partial charge in [-0.1, -0.05) is 18.2 Å². The number of piperidine rings is 3. The second-order valence-corrected chi connectivity index (χ2v) is 8.05. The van der Waals surface area contributed by atoms with Crippen LogP contribution in [0.15, 0.2) is 47.4 Å². The van der Waals surface area contributed by atoms with Crippen molar-refractivity contribution in [3.8, 4) is 16.9 Å². The Morgan fingerprint density at radius 1 is 1.11 bits per heavy atom. The predicted molar refractivity (Wildman–Crippen MR) is 111 cm³/mol. The van der Waals surface area contributed by atoms with E-state index in [4.69, 9.17) is 4.74 Å². The lowest BCUT2D eigenvalue weighted by molar-refractivity contribution is -0.131. The normalized spacial score (nSPS) is 23.3. The fraction of sp³-hybridized carbons (Fsp3) is 0.364. The molecule has 2 aromatic rings. The van der Waals surface area contributed by atoms with E-state index in [1.807, 2.05) is 36.4 Å². The summed E-state index contributed by atoms with van der Waals surface area (Å²) in [6.07, 6.45) is 2.29. The molecule has 1 N–H and O–H groups in total. The van der Waals surface area contributed by atoms with Gasteiger partial charge in [-0.15, -0.1) is 12.6 Å². The summed E-state index contributed by atoms with van der Waals surface area (Å²) in [4.78, 5) is 27.8. The number of ether oxygens (including phenoxy) is 1. The van der Waals surface area contributed by atoms with E-state index >= 15 is 0 Å².